The van der Waals surface area contributed by atoms with Gasteiger partial charge in [0.15, 0.2) is 0 Å². The van der Waals surface area contributed by atoms with Crippen molar-refractivity contribution in [2.45, 2.75) is 5.66 Å². The number of hydrogen-bond donors (Lipinski definition) is 2. The SMILES string of the molecule is O=C1c2ccccc2NC2(C(=O)Nc3ccc(F)cc32)N1c1ccccc1. The lowest BCUT2D eigenvalue weighted by Crippen LogP contribution is -2.61. The molecule has 5 nitrogen and oxygen atoms in total. The molecule has 2 N–H and O–H groups in total. The van der Waals surface area contributed by atoms with Gasteiger partial charge in [-0.2, -0.15) is 0 Å². The smallest absolute Gasteiger partial charge is 0.276 e. The fourth-order valence-electron chi connectivity index (χ4n) is 3.80. The van der Waals surface area contributed by atoms with E-state index in [2.05, 4.69) is 10.6 Å². The van der Waals surface area contributed by atoms with E-state index in [1.54, 1.807) is 48.5 Å². The van der Waals surface area contributed by atoms with Gasteiger partial charge in [0.25, 0.3) is 11.8 Å². The second-order valence-corrected chi connectivity index (χ2v) is 6.50. The predicted octanol–water partition coefficient (Wildman–Crippen LogP) is 3.70. The van der Waals surface area contributed by atoms with Crippen molar-refractivity contribution in [2.75, 3.05) is 15.5 Å². The quantitative estimate of drug-likeness (QED) is 0.696. The minimum atomic E-state index is -1.57. The summed E-state index contributed by atoms with van der Waals surface area (Å²) >= 11 is 0. The zero-order chi connectivity index (χ0) is 18.6. The topological polar surface area (TPSA) is 61.4 Å². The number of hydrogen-bond acceptors (Lipinski definition) is 3. The van der Waals surface area contributed by atoms with Crippen LogP contribution in [0, 0.1) is 5.82 Å². The maximum atomic E-state index is 14.1. The molecule has 2 amide bonds. The zero-order valence-corrected chi connectivity index (χ0v) is 14.1. The molecule has 2 aliphatic rings. The van der Waals surface area contributed by atoms with E-state index in [9.17, 15) is 14.0 Å². The molecular formula is C21H14FN3O2. The second-order valence-electron chi connectivity index (χ2n) is 6.50. The number of anilines is 3. The van der Waals surface area contributed by atoms with Gasteiger partial charge in [-0.05, 0) is 42.5 Å². The van der Waals surface area contributed by atoms with E-state index in [4.69, 9.17) is 0 Å². The van der Waals surface area contributed by atoms with E-state index in [1.165, 1.54) is 23.1 Å². The zero-order valence-electron chi connectivity index (χ0n) is 14.1. The van der Waals surface area contributed by atoms with Crippen LogP contribution in [0.3, 0.4) is 0 Å². The van der Waals surface area contributed by atoms with Gasteiger partial charge in [-0.3, -0.25) is 14.5 Å². The largest absolute Gasteiger partial charge is 0.350 e. The van der Waals surface area contributed by atoms with Gasteiger partial charge >= 0.3 is 0 Å². The van der Waals surface area contributed by atoms with Gasteiger partial charge in [0.1, 0.15) is 5.82 Å². The minimum Gasteiger partial charge on any atom is -0.350 e. The normalized spacial score (nSPS) is 20.1. The Morgan fingerprint density at radius 2 is 1.59 bits per heavy atom. The lowest BCUT2D eigenvalue weighted by atomic mass is 9.92. The van der Waals surface area contributed by atoms with Crippen LogP contribution in [-0.2, 0) is 10.5 Å². The highest BCUT2D eigenvalue weighted by Gasteiger charge is 2.57. The number of carbonyl (C=O) groups excluding carboxylic acids is 2. The van der Waals surface area contributed by atoms with E-state index in [-0.39, 0.29) is 5.91 Å². The Morgan fingerprint density at radius 1 is 0.852 bits per heavy atom. The molecule has 0 radical (unpaired) electrons. The first kappa shape index (κ1) is 15.6. The van der Waals surface area contributed by atoms with Crippen molar-refractivity contribution in [1.82, 2.24) is 0 Å². The van der Waals surface area contributed by atoms with Crippen molar-refractivity contribution in [3.8, 4) is 0 Å². The first-order chi connectivity index (χ1) is 13.1. The van der Waals surface area contributed by atoms with Crippen LogP contribution in [-0.4, -0.2) is 11.8 Å². The molecule has 6 heteroatoms. The number of benzene rings is 3. The summed E-state index contributed by atoms with van der Waals surface area (Å²) in [6.07, 6.45) is 0. The standard InChI is InChI=1S/C21H14FN3O2/c22-13-10-11-18-16(12-13)21(20(27)23-18)24-17-9-5-4-8-15(17)19(26)25(21)14-6-2-1-3-7-14/h1-12,24H,(H,23,27). The second kappa shape index (κ2) is 5.41. The summed E-state index contributed by atoms with van der Waals surface area (Å²) in [4.78, 5) is 28.0. The molecule has 1 unspecified atom stereocenters. The van der Waals surface area contributed by atoms with E-state index >= 15 is 0 Å². The van der Waals surface area contributed by atoms with Crippen LogP contribution in [0.15, 0.2) is 72.8 Å². The molecule has 0 aliphatic carbocycles. The highest BCUT2D eigenvalue weighted by Crippen LogP contribution is 2.47. The average Bonchev–Trinajstić information content (AvgIpc) is 2.94. The number of rotatable bonds is 1. The van der Waals surface area contributed by atoms with Gasteiger partial charge < -0.3 is 10.6 Å². The van der Waals surface area contributed by atoms with Crippen LogP contribution in [0.4, 0.5) is 21.5 Å². The van der Waals surface area contributed by atoms with Gasteiger partial charge in [0, 0.05) is 22.6 Å². The highest BCUT2D eigenvalue weighted by atomic mass is 19.1. The third kappa shape index (κ3) is 2.04. The molecule has 0 saturated heterocycles. The number of carbonyl (C=O) groups is 2. The lowest BCUT2D eigenvalue weighted by molar-refractivity contribution is -0.119. The molecule has 3 aromatic rings. The maximum Gasteiger partial charge on any atom is 0.276 e. The molecule has 2 aliphatic heterocycles. The molecule has 1 atom stereocenters. The summed E-state index contributed by atoms with van der Waals surface area (Å²) in [6.45, 7) is 0. The first-order valence-electron chi connectivity index (χ1n) is 8.49. The molecule has 0 aromatic heterocycles. The number of nitrogens with zero attached hydrogens (tertiary/aromatic N) is 1. The Balaban J connectivity index is 1.83. The molecule has 2 heterocycles. The molecule has 0 saturated carbocycles. The predicted molar refractivity (Wildman–Crippen MR) is 100 cm³/mol. The van der Waals surface area contributed by atoms with E-state index < -0.39 is 17.4 Å². The van der Waals surface area contributed by atoms with Crippen LogP contribution < -0.4 is 15.5 Å². The Labute approximate surface area is 154 Å². The first-order valence-corrected chi connectivity index (χ1v) is 8.49. The van der Waals surface area contributed by atoms with Gasteiger partial charge in [0.2, 0.25) is 5.66 Å². The van der Waals surface area contributed by atoms with Crippen molar-refractivity contribution in [1.29, 1.82) is 0 Å². The van der Waals surface area contributed by atoms with Crippen LogP contribution in [0.2, 0.25) is 0 Å². The van der Waals surface area contributed by atoms with Gasteiger partial charge in [0.05, 0.1) is 5.56 Å². The highest BCUT2D eigenvalue weighted by molar-refractivity contribution is 6.21. The summed E-state index contributed by atoms with van der Waals surface area (Å²) in [5.74, 6) is -1.25. The Bertz CT molecular complexity index is 1100. The van der Waals surface area contributed by atoms with E-state index in [0.717, 1.165) is 0 Å². The Hall–Kier alpha value is -3.67. The van der Waals surface area contributed by atoms with Crippen LogP contribution in [0.1, 0.15) is 15.9 Å². The average molecular weight is 359 g/mol. The van der Waals surface area contributed by atoms with Crippen molar-refractivity contribution in [3.63, 3.8) is 0 Å². The fraction of sp³-hybridized carbons (Fsp3) is 0.0476. The van der Waals surface area contributed by atoms with E-state index in [1.807, 2.05) is 6.07 Å². The number of fused-ring (bicyclic) bond motifs is 3. The minimum absolute atomic E-state index is 0.331. The van der Waals surface area contributed by atoms with Crippen LogP contribution >= 0.6 is 0 Å². The van der Waals surface area contributed by atoms with Gasteiger partial charge in [-0.25, -0.2) is 4.39 Å². The van der Waals surface area contributed by atoms with Crippen LogP contribution in [0.5, 0.6) is 0 Å². The Morgan fingerprint density at radius 3 is 2.41 bits per heavy atom. The number of para-hydroxylation sites is 2. The molecule has 3 aromatic carbocycles. The van der Waals surface area contributed by atoms with Crippen LogP contribution in [0.25, 0.3) is 0 Å². The summed E-state index contributed by atoms with van der Waals surface area (Å²) in [5.41, 5.74) is 0.800. The summed E-state index contributed by atoms with van der Waals surface area (Å²) in [7, 11) is 0. The van der Waals surface area contributed by atoms with Crippen molar-refractivity contribution in [3.05, 3.63) is 89.7 Å². The molecule has 0 fully saturated rings. The lowest BCUT2D eigenvalue weighted by Gasteiger charge is -2.44. The third-order valence-corrected chi connectivity index (χ3v) is 4.97. The van der Waals surface area contributed by atoms with Gasteiger partial charge in [-0.15, -0.1) is 0 Å². The molecule has 1 spiro atoms. The van der Waals surface area contributed by atoms with Crippen molar-refractivity contribution < 1.29 is 14.0 Å². The van der Waals surface area contributed by atoms with E-state index in [0.29, 0.717) is 28.2 Å². The number of nitrogens with one attached hydrogen (secondary N) is 2. The Kier molecular flexibility index (Phi) is 3.12. The van der Waals surface area contributed by atoms with Crippen molar-refractivity contribution >= 4 is 28.9 Å². The summed E-state index contributed by atoms with van der Waals surface area (Å²) in [5, 5.41) is 5.99. The van der Waals surface area contributed by atoms with Crippen molar-refractivity contribution in [2.24, 2.45) is 0 Å². The number of halogens is 1. The molecule has 132 valence electrons. The molecule has 27 heavy (non-hydrogen) atoms. The fourth-order valence-corrected chi connectivity index (χ4v) is 3.80. The molecule has 5 rings (SSSR count). The molecular weight excluding hydrogens is 345 g/mol. The maximum absolute atomic E-state index is 14.1. The number of amides is 2. The molecule has 0 bridgehead atoms. The van der Waals surface area contributed by atoms with Gasteiger partial charge in [-0.1, -0.05) is 30.3 Å². The summed E-state index contributed by atoms with van der Waals surface area (Å²) in [6, 6.07) is 20.0. The monoisotopic (exact) mass is 359 g/mol. The third-order valence-electron chi connectivity index (χ3n) is 4.97. The summed E-state index contributed by atoms with van der Waals surface area (Å²) < 4.78 is 14.1.